The number of likely N-dealkylation sites (N-methyl/N-ethyl adjacent to an activating group) is 2. The Balaban J connectivity index is 1.33. The molecule has 3 amide bonds. The molecule has 0 bridgehead atoms. The number of hydrogen-bond acceptors (Lipinski definition) is 10. The van der Waals surface area contributed by atoms with Crippen LogP contribution in [-0.2, 0) is 34.0 Å². The van der Waals surface area contributed by atoms with Gasteiger partial charge in [0.05, 0.1) is 18.8 Å². The second kappa shape index (κ2) is 18.1. The van der Waals surface area contributed by atoms with E-state index in [1.54, 1.807) is 13.0 Å². The molecule has 2 aliphatic rings. The molecule has 0 aliphatic carbocycles. The summed E-state index contributed by atoms with van der Waals surface area (Å²) in [5.41, 5.74) is 1.44. The highest BCUT2D eigenvalue weighted by molar-refractivity contribution is 5.95. The number of hydrogen-bond donors (Lipinski definition) is 1. The summed E-state index contributed by atoms with van der Waals surface area (Å²) in [4.78, 5) is 53.5. The van der Waals surface area contributed by atoms with E-state index < -0.39 is 29.5 Å². The van der Waals surface area contributed by atoms with E-state index in [0.717, 1.165) is 41.7 Å². The molecule has 0 radical (unpaired) electrons. The largest absolute Gasteiger partial charge is 0.489 e. The van der Waals surface area contributed by atoms with Gasteiger partial charge in [-0.05, 0) is 43.3 Å². The normalized spacial score (nSPS) is 15.9. The van der Waals surface area contributed by atoms with Crippen molar-refractivity contribution in [2.24, 2.45) is 5.84 Å². The van der Waals surface area contributed by atoms with E-state index in [1.807, 2.05) is 35.2 Å². The minimum absolute atomic E-state index is 0.0239. The highest BCUT2D eigenvalue weighted by Crippen LogP contribution is 2.27. The van der Waals surface area contributed by atoms with Crippen molar-refractivity contribution in [3.8, 4) is 5.75 Å². The van der Waals surface area contributed by atoms with Gasteiger partial charge in [0.15, 0.2) is 11.6 Å². The minimum Gasteiger partial charge on any atom is -0.489 e. The highest BCUT2D eigenvalue weighted by Gasteiger charge is 2.36. The van der Waals surface area contributed by atoms with Crippen LogP contribution in [0.15, 0.2) is 73.3 Å². The fraction of sp³-hybridized carbons (Fsp3) is 0.421. The van der Waals surface area contributed by atoms with Crippen LogP contribution in [0.3, 0.4) is 0 Å². The van der Waals surface area contributed by atoms with Gasteiger partial charge in [0, 0.05) is 70.9 Å². The molecule has 12 nitrogen and oxygen atoms in total. The van der Waals surface area contributed by atoms with Crippen LogP contribution in [0.2, 0.25) is 0 Å². The van der Waals surface area contributed by atoms with Crippen LogP contribution in [0.1, 0.15) is 23.7 Å². The van der Waals surface area contributed by atoms with Gasteiger partial charge in [-0.15, -0.1) is 6.58 Å². The average molecular weight is 719 g/mol. The summed E-state index contributed by atoms with van der Waals surface area (Å²) >= 11 is 0. The van der Waals surface area contributed by atoms with Crippen molar-refractivity contribution in [3.63, 3.8) is 0 Å². The van der Waals surface area contributed by atoms with Gasteiger partial charge in [-0.3, -0.25) is 30.0 Å². The van der Waals surface area contributed by atoms with E-state index >= 15 is 8.78 Å². The predicted octanol–water partition coefficient (Wildman–Crippen LogP) is 2.68. The van der Waals surface area contributed by atoms with Gasteiger partial charge in [0.2, 0.25) is 18.2 Å². The van der Waals surface area contributed by atoms with Crippen molar-refractivity contribution in [2.75, 3.05) is 70.9 Å². The number of benzene rings is 2. The number of ether oxygens (including phenoxy) is 1. The average Bonchev–Trinajstić information content (AvgIpc) is 3.12. The molecular weight excluding hydrogens is 670 g/mol. The molecule has 0 saturated carbocycles. The van der Waals surface area contributed by atoms with E-state index in [0.29, 0.717) is 24.8 Å². The molecule has 3 aromatic rings. The maximum Gasteiger partial charge on any atom is 0.246 e. The molecule has 0 unspecified atom stereocenters. The molecule has 278 valence electrons. The molecule has 1 atom stereocenters. The number of hydrazine groups is 1. The number of imide groups is 1. The third-order valence-corrected chi connectivity index (χ3v) is 9.56. The third-order valence-electron chi connectivity index (χ3n) is 9.56. The second-order valence-corrected chi connectivity index (χ2v) is 13.2. The Bertz CT molecular complexity index is 1680. The zero-order valence-electron chi connectivity index (χ0n) is 29.9. The molecule has 2 aromatic carbocycles. The SMILES string of the molecule is C=CCN(N)CC(=O)N(C=O)[C@@H](Cc1ccc(OCc2ccccc2)cc1F)C(=O)N(CC)Cc1ccc(F)c(N2CC(N3CCN(C)CC3)C2)n1. The number of halogens is 2. The van der Waals surface area contributed by atoms with Gasteiger partial charge in [-0.25, -0.2) is 18.8 Å². The van der Waals surface area contributed by atoms with Gasteiger partial charge in [-0.2, -0.15) is 0 Å². The molecule has 2 aliphatic heterocycles. The van der Waals surface area contributed by atoms with Gasteiger partial charge < -0.3 is 19.4 Å². The topological polar surface area (TPSA) is 119 Å². The molecule has 1 aromatic heterocycles. The van der Waals surface area contributed by atoms with Gasteiger partial charge in [-0.1, -0.05) is 42.5 Å². The van der Waals surface area contributed by atoms with Crippen LogP contribution >= 0.6 is 0 Å². The van der Waals surface area contributed by atoms with Crippen molar-refractivity contribution < 1.29 is 27.9 Å². The Morgan fingerprint density at radius 1 is 1.06 bits per heavy atom. The van der Waals surface area contributed by atoms with Crippen LogP contribution in [0.4, 0.5) is 14.6 Å². The van der Waals surface area contributed by atoms with Crippen LogP contribution < -0.4 is 15.5 Å². The number of aromatic nitrogens is 1. The summed E-state index contributed by atoms with van der Waals surface area (Å²) in [5.74, 6) is 3.94. The Labute approximate surface area is 304 Å². The number of piperazine rings is 1. The molecule has 2 saturated heterocycles. The van der Waals surface area contributed by atoms with Crippen molar-refractivity contribution in [1.29, 1.82) is 0 Å². The summed E-state index contributed by atoms with van der Waals surface area (Å²) in [5, 5.41) is 1.15. The molecule has 5 rings (SSSR count). The van der Waals surface area contributed by atoms with Crippen LogP contribution in [0.25, 0.3) is 0 Å². The second-order valence-electron chi connectivity index (χ2n) is 13.2. The van der Waals surface area contributed by atoms with Crippen LogP contribution in [0, 0.1) is 11.6 Å². The number of carbonyl (C=O) groups excluding carboxylic acids is 3. The first-order chi connectivity index (χ1) is 25.1. The van der Waals surface area contributed by atoms with Crippen molar-refractivity contribution in [1.82, 2.24) is 29.6 Å². The van der Waals surface area contributed by atoms with E-state index in [4.69, 9.17) is 10.6 Å². The third kappa shape index (κ3) is 9.76. The quantitative estimate of drug-likeness (QED) is 0.0967. The van der Waals surface area contributed by atoms with Gasteiger partial charge in [0.25, 0.3) is 0 Å². The molecule has 0 spiro atoms. The van der Waals surface area contributed by atoms with Gasteiger partial charge in [0.1, 0.15) is 24.2 Å². The number of anilines is 1. The summed E-state index contributed by atoms with van der Waals surface area (Å²) in [6.45, 7) is 10.7. The maximum atomic E-state index is 15.6. The molecule has 52 heavy (non-hydrogen) atoms. The highest BCUT2D eigenvalue weighted by atomic mass is 19.1. The van der Waals surface area contributed by atoms with Crippen LogP contribution in [-0.4, -0.2) is 126 Å². The minimum atomic E-state index is -1.41. The molecule has 14 heteroatoms. The number of rotatable bonds is 17. The van der Waals surface area contributed by atoms with Crippen molar-refractivity contribution in [3.05, 3.63) is 102 Å². The Morgan fingerprint density at radius 3 is 2.44 bits per heavy atom. The lowest BCUT2D eigenvalue weighted by Gasteiger charge is -2.48. The fourth-order valence-electron chi connectivity index (χ4n) is 6.41. The Kier molecular flexibility index (Phi) is 13.4. The lowest BCUT2D eigenvalue weighted by Crippen LogP contribution is -2.63. The fourth-order valence-corrected chi connectivity index (χ4v) is 6.41. The smallest absolute Gasteiger partial charge is 0.246 e. The Hall–Kier alpha value is -4.76. The first kappa shape index (κ1) is 38.5. The standard InChI is InChI=1S/C38H48F2N8O4/c1-4-15-47(41)25-36(50)48(27-49)35(20-29-11-13-32(21-34(29)40)52-26-28-9-7-6-8-10-28)38(51)44(5-2)22-30-12-14-33(39)37(42-30)46-23-31(24-46)45-18-16-43(3)17-19-45/h4,6-14,21,27,31,35H,1,5,15-20,22-26,41H2,2-3H3/t35-/m0/s1. The van der Waals surface area contributed by atoms with Gasteiger partial charge >= 0.3 is 0 Å². The van der Waals surface area contributed by atoms with E-state index in [2.05, 4.69) is 28.4 Å². The van der Waals surface area contributed by atoms with Crippen LogP contribution in [0.5, 0.6) is 5.75 Å². The first-order valence-electron chi connectivity index (χ1n) is 17.5. The zero-order chi connectivity index (χ0) is 37.2. The summed E-state index contributed by atoms with van der Waals surface area (Å²) < 4.78 is 36.4. The molecular formula is C38H48F2N8O4. The lowest BCUT2D eigenvalue weighted by atomic mass is 10.0. The number of pyridine rings is 1. The predicted molar refractivity (Wildman–Crippen MR) is 194 cm³/mol. The first-order valence-corrected chi connectivity index (χ1v) is 17.5. The van der Waals surface area contributed by atoms with Crippen molar-refractivity contribution in [2.45, 2.75) is 38.6 Å². The number of carbonyl (C=O) groups is 3. The zero-order valence-corrected chi connectivity index (χ0v) is 29.9. The summed E-state index contributed by atoms with van der Waals surface area (Å²) in [6, 6.07) is 15.4. The molecule has 2 N–H and O–H groups in total. The summed E-state index contributed by atoms with van der Waals surface area (Å²) in [6.07, 6.45) is 1.46. The summed E-state index contributed by atoms with van der Waals surface area (Å²) in [7, 11) is 2.10. The van der Waals surface area contributed by atoms with E-state index in [1.165, 1.54) is 35.2 Å². The lowest BCUT2D eigenvalue weighted by molar-refractivity contribution is -0.151. The van der Waals surface area contributed by atoms with E-state index in [9.17, 15) is 14.4 Å². The Morgan fingerprint density at radius 2 is 1.79 bits per heavy atom. The molecule has 3 heterocycles. The number of nitrogens with two attached hydrogens (primary N) is 1. The number of nitrogens with zero attached hydrogens (tertiary/aromatic N) is 7. The molecule has 2 fully saturated rings. The number of amides is 3. The van der Waals surface area contributed by atoms with Crippen molar-refractivity contribution >= 4 is 24.0 Å². The maximum absolute atomic E-state index is 15.6. The monoisotopic (exact) mass is 718 g/mol. The van der Waals surface area contributed by atoms with E-state index in [-0.39, 0.29) is 62.7 Å².